The lowest BCUT2D eigenvalue weighted by molar-refractivity contribution is 1.16. The minimum absolute atomic E-state index is 0.0524. The van der Waals surface area contributed by atoms with Gasteiger partial charge in [0.1, 0.15) is 5.17 Å². The monoisotopic (exact) mass is 222 g/mol. The molecule has 1 atom stereocenters. The van der Waals surface area contributed by atoms with E-state index in [1.807, 2.05) is 0 Å². The topological polar surface area (TPSA) is 49.4 Å². The van der Waals surface area contributed by atoms with Crippen molar-refractivity contribution in [2.75, 3.05) is 0 Å². The molecule has 0 aliphatic carbocycles. The predicted octanol–water partition coefficient (Wildman–Crippen LogP) is 1.61. The predicted molar refractivity (Wildman–Crippen MR) is 51.1 cm³/mol. The SMILES string of the molecule is ClC1=NC2=NC(Cl)=NC2C(Cl)=N1. The Morgan fingerprint density at radius 2 is 1.67 bits per heavy atom. The summed E-state index contributed by atoms with van der Waals surface area (Å²) in [5, 5.41) is 0.416. The highest BCUT2D eigenvalue weighted by atomic mass is 35.5. The Balaban J connectivity index is 2.46. The zero-order chi connectivity index (χ0) is 8.72. The van der Waals surface area contributed by atoms with Crippen LogP contribution >= 0.6 is 34.8 Å². The molecule has 0 radical (unpaired) electrons. The van der Waals surface area contributed by atoms with Gasteiger partial charge in [-0.1, -0.05) is 11.6 Å². The number of hydrogen-bond donors (Lipinski definition) is 0. The second kappa shape index (κ2) is 2.80. The van der Waals surface area contributed by atoms with Crippen LogP contribution in [0, 0.1) is 0 Å². The zero-order valence-electron chi connectivity index (χ0n) is 5.50. The lowest BCUT2D eigenvalue weighted by atomic mass is 10.3. The van der Waals surface area contributed by atoms with Crippen molar-refractivity contribution in [1.82, 2.24) is 0 Å². The first-order valence-electron chi connectivity index (χ1n) is 2.97. The lowest BCUT2D eigenvalue weighted by Gasteiger charge is -2.08. The molecule has 0 spiro atoms. The van der Waals surface area contributed by atoms with Gasteiger partial charge in [-0.05, 0) is 23.2 Å². The van der Waals surface area contributed by atoms with Crippen molar-refractivity contribution >= 4 is 56.4 Å². The maximum atomic E-state index is 5.72. The minimum atomic E-state index is -0.457. The van der Waals surface area contributed by atoms with Crippen molar-refractivity contribution in [2.24, 2.45) is 20.0 Å². The highest BCUT2D eigenvalue weighted by Gasteiger charge is 2.29. The minimum Gasteiger partial charge on any atom is -0.237 e. The molecule has 0 N–H and O–H groups in total. The quantitative estimate of drug-likeness (QED) is 0.560. The standard InChI is InChI=1S/C5HCl3N4/c6-2-1-3(11-4(7)9-1)12-5(8)10-2/h1H. The van der Waals surface area contributed by atoms with E-state index in [0.29, 0.717) is 5.84 Å². The van der Waals surface area contributed by atoms with Crippen molar-refractivity contribution in [3.8, 4) is 0 Å². The van der Waals surface area contributed by atoms with Gasteiger partial charge in [0, 0.05) is 0 Å². The van der Waals surface area contributed by atoms with Crippen LogP contribution < -0.4 is 0 Å². The van der Waals surface area contributed by atoms with Gasteiger partial charge < -0.3 is 0 Å². The molecule has 1 unspecified atom stereocenters. The number of fused-ring (bicyclic) bond motifs is 1. The Kier molecular flexibility index (Phi) is 1.90. The van der Waals surface area contributed by atoms with Crippen LogP contribution in [0.25, 0.3) is 0 Å². The van der Waals surface area contributed by atoms with E-state index in [1.165, 1.54) is 0 Å². The van der Waals surface area contributed by atoms with Crippen LogP contribution in [0.5, 0.6) is 0 Å². The van der Waals surface area contributed by atoms with Gasteiger partial charge in [0.05, 0.1) is 0 Å². The van der Waals surface area contributed by atoms with Crippen molar-refractivity contribution < 1.29 is 0 Å². The van der Waals surface area contributed by atoms with E-state index in [4.69, 9.17) is 34.8 Å². The van der Waals surface area contributed by atoms with Crippen LogP contribution in [-0.2, 0) is 0 Å². The van der Waals surface area contributed by atoms with Crippen molar-refractivity contribution in [3.63, 3.8) is 0 Å². The van der Waals surface area contributed by atoms with E-state index in [9.17, 15) is 0 Å². The first-order chi connectivity index (χ1) is 5.66. The highest BCUT2D eigenvalue weighted by Crippen LogP contribution is 2.18. The van der Waals surface area contributed by atoms with Gasteiger partial charge in [-0.25, -0.2) is 15.0 Å². The van der Waals surface area contributed by atoms with Crippen LogP contribution in [-0.4, -0.2) is 27.6 Å². The van der Waals surface area contributed by atoms with Gasteiger partial charge >= 0.3 is 0 Å². The Hall–Kier alpha value is -0.450. The van der Waals surface area contributed by atoms with Gasteiger partial charge in [-0.15, -0.1) is 0 Å². The Morgan fingerprint density at radius 3 is 2.42 bits per heavy atom. The summed E-state index contributed by atoms with van der Waals surface area (Å²) in [6.45, 7) is 0. The Morgan fingerprint density at radius 1 is 0.917 bits per heavy atom. The third kappa shape index (κ3) is 1.26. The summed E-state index contributed by atoms with van der Waals surface area (Å²) < 4.78 is 0. The van der Waals surface area contributed by atoms with E-state index in [1.54, 1.807) is 0 Å². The summed E-state index contributed by atoms with van der Waals surface area (Å²) in [6.07, 6.45) is 0. The third-order valence-electron chi connectivity index (χ3n) is 1.32. The highest BCUT2D eigenvalue weighted by molar-refractivity contribution is 6.76. The van der Waals surface area contributed by atoms with Gasteiger partial charge in [-0.2, -0.15) is 4.99 Å². The smallest absolute Gasteiger partial charge is 0.225 e. The van der Waals surface area contributed by atoms with Crippen molar-refractivity contribution in [2.45, 2.75) is 6.04 Å². The molecule has 0 fully saturated rings. The fraction of sp³-hybridized carbons (Fsp3) is 0.200. The van der Waals surface area contributed by atoms with E-state index in [0.717, 1.165) is 0 Å². The molecule has 2 heterocycles. The van der Waals surface area contributed by atoms with Crippen LogP contribution in [0.3, 0.4) is 0 Å². The van der Waals surface area contributed by atoms with Crippen LogP contribution in [0.15, 0.2) is 20.0 Å². The van der Waals surface area contributed by atoms with E-state index in [-0.39, 0.29) is 15.8 Å². The Labute approximate surface area is 82.7 Å². The molecule has 0 bridgehead atoms. The largest absolute Gasteiger partial charge is 0.237 e. The molecule has 2 aliphatic rings. The molecule has 0 aromatic carbocycles. The van der Waals surface area contributed by atoms with Crippen molar-refractivity contribution in [3.05, 3.63) is 0 Å². The molecule has 4 nitrogen and oxygen atoms in total. The first-order valence-corrected chi connectivity index (χ1v) is 4.10. The number of nitrogens with zero attached hydrogens (tertiary/aromatic N) is 4. The lowest BCUT2D eigenvalue weighted by Crippen LogP contribution is -2.25. The fourth-order valence-corrected chi connectivity index (χ4v) is 1.50. The molecule has 7 heteroatoms. The third-order valence-corrected chi connectivity index (χ3v) is 1.96. The summed E-state index contributed by atoms with van der Waals surface area (Å²) >= 11 is 16.8. The number of amidine groups is 3. The zero-order valence-corrected chi connectivity index (χ0v) is 7.77. The average Bonchev–Trinajstić information content (AvgIpc) is 2.29. The van der Waals surface area contributed by atoms with Crippen LogP contribution in [0.2, 0.25) is 0 Å². The number of hydrogen-bond acceptors (Lipinski definition) is 4. The molecule has 2 aliphatic heterocycles. The second-order valence-corrected chi connectivity index (χ2v) is 3.15. The summed E-state index contributed by atoms with van der Waals surface area (Å²) in [5.41, 5.74) is 0. The summed E-state index contributed by atoms with van der Waals surface area (Å²) in [6, 6.07) is -0.457. The second-order valence-electron chi connectivity index (χ2n) is 2.09. The van der Waals surface area contributed by atoms with E-state index < -0.39 is 6.04 Å². The first kappa shape index (κ1) is 8.16. The Bertz CT molecular complexity index is 351. The molecule has 0 saturated carbocycles. The molecule has 0 saturated heterocycles. The maximum absolute atomic E-state index is 5.72. The molecular formula is C5HCl3N4. The van der Waals surface area contributed by atoms with E-state index >= 15 is 0 Å². The molecule has 0 aromatic heterocycles. The van der Waals surface area contributed by atoms with E-state index in [2.05, 4.69) is 20.0 Å². The molecule has 0 aromatic rings. The van der Waals surface area contributed by atoms with Gasteiger partial charge in [0.15, 0.2) is 11.9 Å². The maximum Gasteiger partial charge on any atom is 0.225 e. The molecule has 0 amide bonds. The van der Waals surface area contributed by atoms with Crippen LogP contribution in [0.1, 0.15) is 0 Å². The van der Waals surface area contributed by atoms with Gasteiger partial charge in [0.2, 0.25) is 10.6 Å². The van der Waals surface area contributed by atoms with Gasteiger partial charge in [0.25, 0.3) is 0 Å². The van der Waals surface area contributed by atoms with Crippen molar-refractivity contribution in [1.29, 1.82) is 0 Å². The fourth-order valence-electron chi connectivity index (χ4n) is 0.864. The molecule has 12 heavy (non-hydrogen) atoms. The number of aliphatic imine (C=N–C) groups is 4. The normalized spacial score (nSPS) is 27.1. The summed E-state index contributed by atoms with van der Waals surface area (Å²) in [5.74, 6) is 0.394. The molecule has 2 rings (SSSR count). The summed E-state index contributed by atoms with van der Waals surface area (Å²) in [4.78, 5) is 15.2. The molecular weight excluding hydrogens is 222 g/mol. The average molecular weight is 223 g/mol. The van der Waals surface area contributed by atoms with Gasteiger partial charge in [-0.3, -0.25) is 0 Å². The number of halogens is 3. The molecule has 62 valence electrons. The summed E-state index contributed by atoms with van der Waals surface area (Å²) in [7, 11) is 0. The number of rotatable bonds is 0. The van der Waals surface area contributed by atoms with Crippen LogP contribution in [0.4, 0.5) is 0 Å².